The van der Waals surface area contributed by atoms with Crippen molar-refractivity contribution >= 4 is 11.2 Å². The fourth-order valence-corrected chi connectivity index (χ4v) is 2.38. The maximum Gasteiger partial charge on any atom is 0.162 e. The number of rotatable bonds is 6. The van der Waals surface area contributed by atoms with Gasteiger partial charge in [-0.15, -0.1) is 0 Å². The largest absolute Gasteiger partial charge is 0.382 e. The SMILES string of the molecule is COCCOCn1c(-c2ccc(F)cc2)nc2c(C)ccnc21. The Bertz CT molecular complexity index is 799. The molecule has 0 aliphatic rings. The molecule has 0 unspecified atom stereocenters. The molecular weight excluding hydrogens is 297 g/mol. The molecule has 120 valence electrons. The minimum Gasteiger partial charge on any atom is -0.382 e. The summed E-state index contributed by atoms with van der Waals surface area (Å²) in [5.41, 5.74) is 3.43. The number of hydrogen-bond donors (Lipinski definition) is 0. The van der Waals surface area contributed by atoms with Crippen molar-refractivity contribution in [3.8, 4) is 11.4 Å². The zero-order chi connectivity index (χ0) is 16.2. The van der Waals surface area contributed by atoms with Crippen LogP contribution in [0, 0.1) is 12.7 Å². The summed E-state index contributed by atoms with van der Waals surface area (Å²) in [7, 11) is 1.63. The number of aryl methyl sites for hydroxylation is 1. The number of nitrogens with zero attached hydrogens (tertiary/aromatic N) is 3. The summed E-state index contributed by atoms with van der Waals surface area (Å²) >= 11 is 0. The zero-order valence-electron chi connectivity index (χ0n) is 13.1. The number of imidazole rings is 1. The molecule has 0 saturated carbocycles. The Labute approximate surface area is 133 Å². The first-order valence-electron chi connectivity index (χ1n) is 7.35. The summed E-state index contributed by atoms with van der Waals surface area (Å²) in [6, 6.07) is 8.17. The summed E-state index contributed by atoms with van der Waals surface area (Å²) in [5, 5.41) is 0. The minimum absolute atomic E-state index is 0.276. The van der Waals surface area contributed by atoms with Crippen LogP contribution >= 0.6 is 0 Å². The highest BCUT2D eigenvalue weighted by Gasteiger charge is 2.15. The van der Waals surface area contributed by atoms with Gasteiger partial charge in [-0.2, -0.15) is 0 Å². The summed E-state index contributed by atoms with van der Waals surface area (Å²) in [6.45, 7) is 3.29. The van der Waals surface area contributed by atoms with Gasteiger partial charge in [0.05, 0.1) is 13.2 Å². The lowest BCUT2D eigenvalue weighted by atomic mass is 10.2. The van der Waals surface area contributed by atoms with Crippen LogP contribution in [0.3, 0.4) is 0 Å². The van der Waals surface area contributed by atoms with E-state index in [-0.39, 0.29) is 5.82 Å². The van der Waals surface area contributed by atoms with Gasteiger partial charge in [-0.05, 0) is 42.8 Å². The standard InChI is InChI=1S/C17H18FN3O2/c1-12-7-8-19-17-15(12)20-16(13-3-5-14(18)6-4-13)21(17)11-23-10-9-22-2/h3-8H,9-11H2,1-2H3. The van der Waals surface area contributed by atoms with E-state index < -0.39 is 0 Å². The van der Waals surface area contributed by atoms with Gasteiger partial charge < -0.3 is 9.47 Å². The van der Waals surface area contributed by atoms with E-state index in [9.17, 15) is 4.39 Å². The Morgan fingerprint density at radius 1 is 1.13 bits per heavy atom. The molecule has 0 saturated heterocycles. The zero-order valence-corrected chi connectivity index (χ0v) is 13.1. The molecule has 0 fully saturated rings. The molecule has 0 spiro atoms. The Morgan fingerprint density at radius 3 is 2.65 bits per heavy atom. The van der Waals surface area contributed by atoms with Gasteiger partial charge in [0.25, 0.3) is 0 Å². The fraction of sp³-hybridized carbons (Fsp3) is 0.294. The fourth-order valence-electron chi connectivity index (χ4n) is 2.38. The summed E-state index contributed by atoms with van der Waals surface area (Å²) in [6.07, 6.45) is 1.75. The van der Waals surface area contributed by atoms with Gasteiger partial charge in [-0.25, -0.2) is 14.4 Å². The van der Waals surface area contributed by atoms with Gasteiger partial charge in [-0.3, -0.25) is 4.57 Å². The van der Waals surface area contributed by atoms with Gasteiger partial charge in [0.2, 0.25) is 0 Å². The van der Waals surface area contributed by atoms with E-state index in [0.717, 1.165) is 22.3 Å². The van der Waals surface area contributed by atoms with Crippen LogP contribution in [0.25, 0.3) is 22.6 Å². The van der Waals surface area contributed by atoms with Crippen LogP contribution < -0.4 is 0 Å². The highest BCUT2D eigenvalue weighted by atomic mass is 19.1. The number of pyridine rings is 1. The Hall–Kier alpha value is -2.31. The molecule has 3 rings (SSSR count). The summed E-state index contributed by atoms with van der Waals surface area (Å²) in [4.78, 5) is 9.10. The smallest absolute Gasteiger partial charge is 0.162 e. The highest BCUT2D eigenvalue weighted by molar-refractivity contribution is 5.79. The Kier molecular flexibility index (Phi) is 4.64. The van der Waals surface area contributed by atoms with Gasteiger partial charge in [0.1, 0.15) is 23.9 Å². The van der Waals surface area contributed by atoms with E-state index in [1.165, 1.54) is 12.1 Å². The van der Waals surface area contributed by atoms with Crippen LogP contribution in [0.15, 0.2) is 36.5 Å². The van der Waals surface area contributed by atoms with Crippen LogP contribution in [-0.2, 0) is 16.2 Å². The van der Waals surface area contributed by atoms with Crippen molar-refractivity contribution in [1.29, 1.82) is 0 Å². The number of ether oxygens (including phenoxy) is 2. The van der Waals surface area contributed by atoms with E-state index >= 15 is 0 Å². The van der Waals surface area contributed by atoms with Crippen molar-refractivity contribution in [3.63, 3.8) is 0 Å². The van der Waals surface area contributed by atoms with Crippen molar-refractivity contribution in [2.24, 2.45) is 0 Å². The summed E-state index contributed by atoms with van der Waals surface area (Å²) < 4.78 is 25.7. The van der Waals surface area contributed by atoms with Crippen LogP contribution in [-0.4, -0.2) is 34.9 Å². The second-order valence-electron chi connectivity index (χ2n) is 5.20. The minimum atomic E-state index is -0.276. The highest BCUT2D eigenvalue weighted by Crippen LogP contribution is 2.25. The van der Waals surface area contributed by atoms with Gasteiger partial charge in [-0.1, -0.05) is 0 Å². The molecular formula is C17H18FN3O2. The number of hydrogen-bond acceptors (Lipinski definition) is 4. The molecule has 0 radical (unpaired) electrons. The molecule has 0 aliphatic heterocycles. The first-order chi connectivity index (χ1) is 11.2. The lowest BCUT2D eigenvalue weighted by Crippen LogP contribution is -2.09. The van der Waals surface area contributed by atoms with Gasteiger partial charge in [0.15, 0.2) is 5.65 Å². The lowest BCUT2D eigenvalue weighted by molar-refractivity contribution is 0.0363. The first-order valence-corrected chi connectivity index (χ1v) is 7.35. The van der Waals surface area contributed by atoms with Crippen LogP contribution in [0.2, 0.25) is 0 Å². The quantitative estimate of drug-likeness (QED) is 0.656. The maximum absolute atomic E-state index is 13.2. The van der Waals surface area contributed by atoms with Gasteiger partial charge >= 0.3 is 0 Å². The first kappa shape index (κ1) is 15.6. The van der Waals surface area contributed by atoms with Crippen molar-refractivity contribution in [2.45, 2.75) is 13.7 Å². The molecule has 3 aromatic rings. The van der Waals surface area contributed by atoms with E-state index in [2.05, 4.69) is 9.97 Å². The third kappa shape index (κ3) is 3.23. The van der Waals surface area contributed by atoms with E-state index in [1.807, 2.05) is 17.6 Å². The molecule has 0 amide bonds. The molecule has 2 aromatic heterocycles. The Balaban J connectivity index is 2.04. The molecule has 6 heteroatoms. The predicted octanol–water partition coefficient (Wildman–Crippen LogP) is 3.17. The number of aromatic nitrogens is 3. The number of halogens is 1. The number of fused-ring (bicyclic) bond motifs is 1. The summed E-state index contributed by atoms with van der Waals surface area (Å²) in [5.74, 6) is 0.432. The normalized spacial score (nSPS) is 11.3. The maximum atomic E-state index is 13.2. The van der Waals surface area contributed by atoms with E-state index in [1.54, 1.807) is 25.4 Å². The second-order valence-corrected chi connectivity index (χ2v) is 5.20. The molecule has 5 nitrogen and oxygen atoms in total. The average molecular weight is 315 g/mol. The second kappa shape index (κ2) is 6.85. The average Bonchev–Trinajstić information content (AvgIpc) is 2.93. The van der Waals surface area contributed by atoms with Crippen molar-refractivity contribution in [1.82, 2.24) is 14.5 Å². The molecule has 0 aliphatic carbocycles. The topological polar surface area (TPSA) is 49.2 Å². The number of benzene rings is 1. The third-order valence-corrected chi connectivity index (χ3v) is 3.59. The van der Waals surface area contributed by atoms with E-state index in [0.29, 0.717) is 25.8 Å². The molecule has 0 bridgehead atoms. The molecule has 1 aromatic carbocycles. The van der Waals surface area contributed by atoms with Crippen molar-refractivity contribution in [2.75, 3.05) is 20.3 Å². The molecule has 23 heavy (non-hydrogen) atoms. The van der Waals surface area contributed by atoms with Crippen molar-refractivity contribution < 1.29 is 13.9 Å². The number of methoxy groups -OCH3 is 1. The molecule has 2 heterocycles. The predicted molar refractivity (Wildman–Crippen MR) is 85.5 cm³/mol. The van der Waals surface area contributed by atoms with Gasteiger partial charge in [0, 0.05) is 18.9 Å². The Morgan fingerprint density at radius 2 is 1.91 bits per heavy atom. The monoisotopic (exact) mass is 315 g/mol. The van der Waals surface area contributed by atoms with Crippen LogP contribution in [0.1, 0.15) is 5.56 Å². The molecule has 0 N–H and O–H groups in total. The van der Waals surface area contributed by atoms with Crippen molar-refractivity contribution in [3.05, 3.63) is 47.9 Å². The van der Waals surface area contributed by atoms with E-state index in [4.69, 9.17) is 9.47 Å². The molecule has 0 atom stereocenters. The lowest BCUT2D eigenvalue weighted by Gasteiger charge is -2.09. The van der Waals surface area contributed by atoms with Crippen LogP contribution in [0.5, 0.6) is 0 Å². The van der Waals surface area contributed by atoms with Crippen LogP contribution in [0.4, 0.5) is 4.39 Å². The third-order valence-electron chi connectivity index (χ3n) is 3.59.